The lowest BCUT2D eigenvalue weighted by Crippen LogP contribution is -2.04. The van der Waals surface area contributed by atoms with Crippen molar-refractivity contribution in [3.63, 3.8) is 0 Å². The van der Waals surface area contributed by atoms with Crippen LogP contribution in [0.3, 0.4) is 0 Å². The minimum Gasteiger partial charge on any atom is -0.489 e. The molecule has 0 bridgehead atoms. The number of rotatable bonds is 6. The summed E-state index contributed by atoms with van der Waals surface area (Å²) in [6.07, 6.45) is 2.00. The zero-order chi connectivity index (χ0) is 18.7. The predicted molar refractivity (Wildman–Crippen MR) is 108 cm³/mol. The summed E-state index contributed by atoms with van der Waals surface area (Å²) in [7, 11) is 1.39. The number of ether oxygens (including phenoxy) is 2. The normalized spacial score (nSPS) is 10.7. The van der Waals surface area contributed by atoms with Gasteiger partial charge < -0.3 is 9.47 Å². The molecule has 0 saturated carbocycles. The monoisotopic (exact) mass is 406 g/mol. The van der Waals surface area contributed by atoms with E-state index in [0.717, 1.165) is 26.8 Å². The maximum atomic E-state index is 11.6. The molecule has 0 spiro atoms. The van der Waals surface area contributed by atoms with Crippen LogP contribution < -0.4 is 4.74 Å². The topological polar surface area (TPSA) is 35.5 Å². The second-order valence-electron chi connectivity index (χ2n) is 5.63. The molecule has 0 radical (unpaired) electrons. The van der Waals surface area contributed by atoms with Gasteiger partial charge in [0.05, 0.1) is 13.5 Å². The van der Waals surface area contributed by atoms with E-state index in [-0.39, 0.29) is 12.4 Å². The molecule has 134 valence electrons. The molecule has 0 aliphatic rings. The van der Waals surface area contributed by atoms with E-state index in [0.29, 0.717) is 22.4 Å². The summed E-state index contributed by atoms with van der Waals surface area (Å²) in [5, 5.41) is 4.13. The van der Waals surface area contributed by atoms with Gasteiger partial charge in [0.15, 0.2) is 0 Å². The highest BCUT2D eigenvalue weighted by Gasteiger charge is 2.13. The molecule has 1 heterocycles. The molecule has 1 aromatic heterocycles. The third-order valence-electron chi connectivity index (χ3n) is 3.95. The number of hydrogen-bond donors (Lipinski definition) is 0. The summed E-state index contributed by atoms with van der Waals surface area (Å²) in [4.78, 5) is 11.6. The van der Waals surface area contributed by atoms with Crippen molar-refractivity contribution in [1.29, 1.82) is 0 Å². The van der Waals surface area contributed by atoms with E-state index in [1.165, 1.54) is 7.11 Å². The summed E-state index contributed by atoms with van der Waals surface area (Å²) >= 11 is 13.7. The largest absolute Gasteiger partial charge is 0.489 e. The molecule has 3 rings (SSSR count). The lowest BCUT2D eigenvalue weighted by Gasteiger charge is -2.10. The summed E-state index contributed by atoms with van der Waals surface area (Å²) in [6, 6.07) is 9.18. The van der Waals surface area contributed by atoms with Gasteiger partial charge in [0.2, 0.25) is 0 Å². The van der Waals surface area contributed by atoms with Crippen LogP contribution in [0.25, 0.3) is 16.2 Å². The van der Waals surface area contributed by atoms with Gasteiger partial charge in [0, 0.05) is 25.7 Å². The molecule has 0 fully saturated rings. The fourth-order valence-electron chi connectivity index (χ4n) is 2.64. The van der Waals surface area contributed by atoms with Crippen LogP contribution in [0.5, 0.6) is 5.75 Å². The number of thiophene rings is 1. The van der Waals surface area contributed by atoms with Crippen LogP contribution >= 0.6 is 34.5 Å². The number of fused-ring (bicyclic) bond motifs is 1. The minimum atomic E-state index is -0.266. The summed E-state index contributed by atoms with van der Waals surface area (Å²) in [6.45, 7) is 4.21. The number of carbonyl (C=O) groups excluding carboxylic acids is 1. The lowest BCUT2D eigenvalue weighted by atomic mass is 10.0. The van der Waals surface area contributed by atoms with Crippen molar-refractivity contribution in [3.8, 4) is 5.75 Å². The smallest absolute Gasteiger partial charge is 0.310 e. The highest BCUT2D eigenvalue weighted by atomic mass is 35.5. The number of methoxy groups -OCH3 is 1. The molecule has 0 N–H and O–H groups in total. The van der Waals surface area contributed by atoms with Crippen molar-refractivity contribution in [2.75, 3.05) is 7.11 Å². The molecule has 6 heteroatoms. The SMILES string of the molecule is C=Cc1cc(OCc2ccc(Cl)cc2Cl)cc2scc(CC(=O)OC)c12. The Labute approximate surface area is 165 Å². The third-order valence-corrected chi connectivity index (χ3v) is 5.51. The van der Waals surface area contributed by atoms with Crippen molar-refractivity contribution in [1.82, 2.24) is 0 Å². The zero-order valence-electron chi connectivity index (χ0n) is 14.1. The van der Waals surface area contributed by atoms with Gasteiger partial charge in [-0.1, -0.05) is 41.9 Å². The first-order valence-electron chi connectivity index (χ1n) is 7.82. The number of carbonyl (C=O) groups is 1. The first-order valence-corrected chi connectivity index (χ1v) is 9.45. The molecule has 0 amide bonds. The number of esters is 1. The minimum absolute atomic E-state index is 0.234. The van der Waals surface area contributed by atoms with Crippen LogP contribution in [0.2, 0.25) is 10.0 Å². The maximum absolute atomic E-state index is 11.6. The molecule has 0 unspecified atom stereocenters. The van der Waals surface area contributed by atoms with Crippen molar-refractivity contribution >= 4 is 56.7 Å². The van der Waals surface area contributed by atoms with Gasteiger partial charge in [-0.15, -0.1) is 11.3 Å². The Bertz CT molecular complexity index is 979. The first kappa shape index (κ1) is 18.8. The third kappa shape index (κ3) is 4.04. The van der Waals surface area contributed by atoms with Crippen LogP contribution in [0.4, 0.5) is 0 Å². The summed E-state index contributed by atoms with van der Waals surface area (Å²) < 4.78 is 11.7. The fraction of sp³-hybridized carbons (Fsp3) is 0.150. The van der Waals surface area contributed by atoms with Crippen molar-refractivity contribution in [2.45, 2.75) is 13.0 Å². The fourth-order valence-corrected chi connectivity index (χ4v) is 4.13. The van der Waals surface area contributed by atoms with Gasteiger partial charge >= 0.3 is 5.97 Å². The number of halogens is 2. The van der Waals surface area contributed by atoms with E-state index in [4.69, 9.17) is 32.7 Å². The Morgan fingerprint density at radius 1 is 1.23 bits per heavy atom. The molecular formula is C20H16Cl2O3S. The van der Waals surface area contributed by atoms with Crippen molar-refractivity contribution < 1.29 is 14.3 Å². The molecule has 0 atom stereocenters. The van der Waals surface area contributed by atoms with Crippen LogP contribution in [0, 0.1) is 0 Å². The van der Waals surface area contributed by atoms with Gasteiger partial charge in [-0.2, -0.15) is 0 Å². The Morgan fingerprint density at radius 3 is 2.73 bits per heavy atom. The Morgan fingerprint density at radius 2 is 2.04 bits per heavy atom. The van der Waals surface area contributed by atoms with Crippen LogP contribution in [0.1, 0.15) is 16.7 Å². The van der Waals surface area contributed by atoms with Gasteiger partial charge in [-0.25, -0.2) is 0 Å². The molecule has 26 heavy (non-hydrogen) atoms. The highest BCUT2D eigenvalue weighted by molar-refractivity contribution is 7.17. The van der Waals surface area contributed by atoms with Crippen LogP contribution in [0.15, 0.2) is 42.3 Å². The van der Waals surface area contributed by atoms with Crippen molar-refractivity contribution in [2.24, 2.45) is 0 Å². The van der Waals surface area contributed by atoms with Crippen molar-refractivity contribution in [3.05, 3.63) is 69.0 Å². The molecular weight excluding hydrogens is 391 g/mol. The van der Waals surface area contributed by atoms with E-state index >= 15 is 0 Å². The van der Waals surface area contributed by atoms with E-state index in [9.17, 15) is 4.79 Å². The number of benzene rings is 2. The lowest BCUT2D eigenvalue weighted by molar-refractivity contribution is -0.139. The van der Waals surface area contributed by atoms with E-state index < -0.39 is 0 Å². The Balaban J connectivity index is 1.88. The summed E-state index contributed by atoms with van der Waals surface area (Å²) in [5.41, 5.74) is 2.70. The van der Waals surface area contributed by atoms with Gasteiger partial charge in [0.25, 0.3) is 0 Å². The van der Waals surface area contributed by atoms with Crippen LogP contribution in [-0.4, -0.2) is 13.1 Å². The average molecular weight is 407 g/mol. The highest BCUT2D eigenvalue weighted by Crippen LogP contribution is 2.35. The van der Waals surface area contributed by atoms with E-state index in [1.807, 2.05) is 23.6 Å². The molecule has 3 nitrogen and oxygen atoms in total. The Hall–Kier alpha value is -2.01. The van der Waals surface area contributed by atoms with Crippen LogP contribution in [-0.2, 0) is 22.6 Å². The van der Waals surface area contributed by atoms with Gasteiger partial charge in [-0.05, 0) is 40.8 Å². The molecule has 3 aromatic rings. The van der Waals surface area contributed by atoms with E-state index in [2.05, 4.69) is 6.58 Å². The van der Waals surface area contributed by atoms with Gasteiger partial charge in [0.1, 0.15) is 12.4 Å². The second-order valence-corrected chi connectivity index (χ2v) is 7.38. The van der Waals surface area contributed by atoms with Gasteiger partial charge in [-0.3, -0.25) is 4.79 Å². The number of hydrogen-bond acceptors (Lipinski definition) is 4. The first-order chi connectivity index (χ1) is 12.5. The quantitative estimate of drug-likeness (QED) is 0.460. The maximum Gasteiger partial charge on any atom is 0.310 e. The zero-order valence-corrected chi connectivity index (χ0v) is 16.4. The predicted octanol–water partition coefficient (Wildman–Crippen LogP) is 6.15. The Kier molecular flexibility index (Phi) is 5.87. The molecule has 0 aliphatic heterocycles. The molecule has 2 aromatic carbocycles. The standard InChI is InChI=1S/C20H16Cl2O3S/c1-3-12-6-16(25-10-13-4-5-15(21)8-17(13)22)9-18-20(12)14(11-26-18)7-19(23)24-2/h3-6,8-9,11H,1,7,10H2,2H3. The average Bonchev–Trinajstić information content (AvgIpc) is 3.03. The molecule has 0 aliphatic carbocycles. The molecule has 0 saturated heterocycles. The summed E-state index contributed by atoms with van der Waals surface area (Å²) in [5.74, 6) is 0.447. The van der Waals surface area contributed by atoms with E-state index in [1.54, 1.807) is 29.5 Å². The second kappa shape index (κ2) is 8.12.